The van der Waals surface area contributed by atoms with Crippen LogP contribution in [0.3, 0.4) is 0 Å². The molecule has 2 heterocycles. The number of para-hydroxylation sites is 4. The third kappa shape index (κ3) is 3.14. The van der Waals surface area contributed by atoms with Crippen molar-refractivity contribution in [3.05, 3.63) is 139 Å². The molecule has 0 fully saturated rings. The third-order valence-electron chi connectivity index (χ3n) is 7.07. The zero-order chi connectivity index (χ0) is 32.0. The van der Waals surface area contributed by atoms with E-state index in [4.69, 9.17) is 15.4 Å². The van der Waals surface area contributed by atoms with E-state index in [0.717, 1.165) is 44.2 Å². The molecule has 0 aliphatic heterocycles. The van der Waals surface area contributed by atoms with Gasteiger partial charge in [0.15, 0.2) is 0 Å². The summed E-state index contributed by atoms with van der Waals surface area (Å²) in [5.41, 5.74) is 6.15. The lowest BCUT2D eigenvalue weighted by atomic mass is 9.97. The van der Waals surface area contributed by atoms with Gasteiger partial charge in [0.1, 0.15) is 11.2 Å². The fraction of sp³-hybridized carbons (Fsp3) is 0. The number of aromatic nitrogens is 1. The molecule has 0 aliphatic carbocycles. The van der Waals surface area contributed by atoms with E-state index in [0.29, 0.717) is 5.69 Å². The molecule has 0 bridgehead atoms. The van der Waals surface area contributed by atoms with Crippen LogP contribution >= 0.6 is 0 Å². The summed E-state index contributed by atoms with van der Waals surface area (Å²) in [6.07, 6.45) is 0. The molecule has 0 amide bonds. The number of hydrogen-bond donors (Lipinski definition) is 0. The van der Waals surface area contributed by atoms with Crippen LogP contribution < -0.4 is 0 Å². The molecule has 0 unspecified atom stereocenters. The van der Waals surface area contributed by atoms with Crippen molar-refractivity contribution >= 4 is 43.7 Å². The average molecular weight is 494 g/mol. The molecule has 0 aliphatic rings. The van der Waals surface area contributed by atoms with Gasteiger partial charge in [0.2, 0.25) is 0 Å². The van der Waals surface area contributed by atoms with Gasteiger partial charge in [-0.15, -0.1) is 0 Å². The standard InChI is InChI=1S/C36H23NO/c1-4-16-33-29(11-1)30-12-2-5-17-34(30)37(33)27-21-19-24(20-22-27)25-9-7-10-26(23-25)28-14-8-15-32-31-13-3-6-18-35(31)38-36(28)32/h1-23H/i1D,2D,4D,5D,11D,12D,16D,17D. The van der Waals surface area contributed by atoms with Crippen molar-refractivity contribution in [2.24, 2.45) is 0 Å². The van der Waals surface area contributed by atoms with Crippen molar-refractivity contribution in [3.63, 3.8) is 0 Å². The van der Waals surface area contributed by atoms with Crippen LogP contribution in [-0.2, 0) is 0 Å². The van der Waals surface area contributed by atoms with Gasteiger partial charge in [-0.3, -0.25) is 0 Å². The summed E-state index contributed by atoms with van der Waals surface area (Å²) >= 11 is 0. The summed E-state index contributed by atoms with van der Waals surface area (Å²) < 4.78 is 75.7. The first-order valence-electron chi connectivity index (χ1n) is 16.3. The molecule has 8 aromatic rings. The highest BCUT2D eigenvalue weighted by molar-refractivity contribution is 6.10. The Kier molecular flexibility index (Phi) is 3.16. The highest BCUT2D eigenvalue weighted by Gasteiger charge is 2.14. The first-order chi connectivity index (χ1) is 22.2. The molecular formula is C36H23NO. The van der Waals surface area contributed by atoms with Crippen LogP contribution in [-0.4, -0.2) is 4.57 Å². The molecule has 0 saturated heterocycles. The quantitative estimate of drug-likeness (QED) is 0.239. The maximum absolute atomic E-state index is 8.74. The Morgan fingerprint density at radius 1 is 0.526 bits per heavy atom. The summed E-state index contributed by atoms with van der Waals surface area (Å²) in [7, 11) is 0. The highest BCUT2D eigenvalue weighted by Crippen LogP contribution is 2.37. The summed E-state index contributed by atoms with van der Waals surface area (Å²) in [5.74, 6) is 0. The van der Waals surface area contributed by atoms with E-state index >= 15 is 0 Å². The van der Waals surface area contributed by atoms with Crippen LogP contribution in [0.1, 0.15) is 11.0 Å². The van der Waals surface area contributed by atoms with E-state index in [1.165, 1.54) is 4.57 Å². The molecule has 0 atom stereocenters. The number of nitrogens with zero attached hydrogens (tertiary/aromatic N) is 1. The van der Waals surface area contributed by atoms with Crippen LogP contribution in [0.4, 0.5) is 0 Å². The Bertz CT molecular complexity index is 2490. The Labute approximate surface area is 231 Å². The second-order valence-corrected chi connectivity index (χ2v) is 9.19. The van der Waals surface area contributed by atoms with Crippen LogP contribution in [0.5, 0.6) is 0 Å². The minimum atomic E-state index is -0.461. The van der Waals surface area contributed by atoms with Gasteiger partial charge in [0.25, 0.3) is 0 Å². The molecule has 2 heteroatoms. The molecule has 38 heavy (non-hydrogen) atoms. The summed E-state index contributed by atoms with van der Waals surface area (Å²) in [6, 6.07) is 26.5. The second-order valence-electron chi connectivity index (χ2n) is 9.19. The monoisotopic (exact) mass is 493 g/mol. The normalized spacial score (nSPS) is 14.6. The van der Waals surface area contributed by atoms with E-state index in [1.54, 1.807) is 12.1 Å². The lowest BCUT2D eigenvalue weighted by molar-refractivity contribution is 0.670. The number of rotatable bonds is 3. The summed E-state index contributed by atoms with van der Waals surface area (Å²) in [6.45, 7) is 0. The molecule has 0 saturated carbocycles. The molecule has 0 radical (unpaired) electrons. The third-order valence-corrected chi connectivity index (χ3v) is 7.07. The molecular weight excluding hydrogens is 462 g/mol. The lowest BCUT2D eigenvalue weighted by Gasteiger charge is -2.10. The molecule has 0 spiro atoms. The highest BCUT2D eigenvalue weighted by atomic mass is 16.3. The van der Waals surface area contributed by atoms with E-state index in [9.17, 15) is 0 Å². The van der Waals surface area contributed by atoms with Crippen molar-refractivity contribution in [3.8, 4) is 27.9 Å². The SMILES string of the molecule is [2H]c1c([2H])c([2H])c2c(c1[2H])c1c([2H])c([2H])c([2H])c([2H])c1n2-c1ccc(-c2cccc(-c3cccc4c3oc3ccccc34)c2)cc1. The lowest BCUT2D eigenvalue weighted by Crippen LogP contribution is -1.93. The maximum atomic E-state index is 8.74. The van der Waals surface area contributed by atoms with Gasteiger partial charge in [-0.2, -0.15) is 0 Å². The molecule has 2 nitrogen and oxygen atoms in total. The Morgan fingerprint density at radius 3 is 1.97 bits per heavy atom. The summed E-state index contributed by atoms with van der Waals surface area (Å²) in [5, 5.41) is 2.23. The topological polar surface area (TPSA) is 18.1 Å². The van der Waals surface area contributed by atoms with E-state index in [2.05, 4.69) is 18.2 Å². The predicted octanol–water partition coefficient (Wildman–Crippen LogP) is 10.0. The van der Waals surface area contributed by atoms with Crippen LogP contribution in [0, 0.1) is 0 Å². The Hall–Kier alpha value is -5.08. The number of hydrogen-bond acceptors (Lipinski definition) is 1. The van der Waals surface area contributed by atoms with Crippen LogP contribution in [0.25, 0.3) is 71.7 Å². The molecule has 0 N–H and O–H groups in total. The average Bonchev–Trinajstić information content (AvgIpc) is 3.65. The second kappa shape index (κ2) is 8.22. The van der Waals surface area contributed by atoms with Crippen molar-refractivity contribution in [1.82, 2.24) is 4.57 Å². The Morgan fingerprint density at radius 2 is 1.18 bits per heavy atom. The molecule has 6 aromatic carbocycles. The summed E-state index contributed by atoms with van der Waals surface area (Å²) in [4.78, 5) is 0. The van der Waals surface area contributed by atoms with Crippen molar-refractivity contribution < 1.29 is 15.4 Å². The van der Waals surface area contributed by atoms with Gasteiger partial charge >= 0.3 is 0 Å². The zero-order valence-electron chi connectivity index (χ0n) is 28.0. The van der Waals surface area contributed by atoms with Crippen molar-refractivity contribution in [1.29, 1.82) is 0 Å². The zero-order valence-corrected chi connectivity index (χ0v) is 20.0. The van der Waals surface area contributed by atoms with Gasteiger partial charge < -0.3 is 8.98 Å². The van der Waals surface area contributed by atoms with Gasteiger partial charge in [-0.25, -0.2) is 0 Å². The van der Waals surface area contributed by atoms with Gasteiger partial charge in [-0.1, -0.05) is 103 Å². The minimum absolute atomic E-state index is 0.0598. The van der Waals surface area contributed by atoms with Crippen molar-refractivity contribution in [2.75, 3.05) is 0 Å². The molecule has 178 valence electrons. The number of furan rings is 1. The number of fused-ring (bicyclic) bond motifs is 6. The predicted molar refractivity (Wildman–Crippen MR) is 159 cm³/mol. The van der Waals surface area contributed by atoms with E-state index in [-0.39, 0.29) is 46.0 Å². The molecule has 8 rings (SSSR count). The van der Waals surface area contributed by atoms with Gasteiger partial charge in [-0.05, 0) is 53.0 Å². The van der Waals surface area contributed by atoms with Gasteiger partial charge in [0, 0.05) is 32.8 Å². The first-order valence-corrected chi connectivity index (χ1v) is 12.3. The van der Waals surface area contributed by atoms with Crippen molar-refractivity contribution in [2.45, 2.75) is 0 Å². The largest absolute Gasteiger partial charge is 0.455 e. The fourth-order valence-electron chi connectivity index (χ4n) is 5.32. The minimum Gasteiger partial charge on any atom is -0.455 e. The smallest absolute Gasteiger partial charge is 0.143 e. The molecule has 2 aromatic heterocycles. The Balaban J connectivity index is 1.30. The van der Waals surface area contributed by atoms with Crippen LogP contribution in [0.2, 0.25) is 0 Å². The van der Waals surface area contributed by atoms with Gasteiger partial charge in [0.05, 0.1) is 22.0 Å². The first kappa shape index (κ1) is 14.6. The van der Waals surface area contributed by atoms with E-state index < -0.39 is 24.2 Å². The van der Waals surface area contributed by atoms with E-state index in [1.807, 2.05) is 60.7 Å². The van der Waals surface area contributed by atoms with Crippen LogP contribution in [0.15, 0.2) is 144 Å². The maximum Gasteiger partial charge on any atom is 0.143 e. The number of benzene rings is 6. The fourth-order valence-corrected chi connectivity index (χ4v) is 5.32.